The van der Waals surface area contributed by atoms with Crippen molar-refractivity contribution in [2.24, 2.45) is 0 Å². The first kappa shape index (κ1) is 15.1. The van der Waals surface area contributed by atoms with Gasteiger partial charge in [-0.05, 0) is 46.9 Å². The second kappa shape index (κ2) is 5.60. The number of thiophene rings is 1. The molecular weight excluding hydrogens is 404 g/mol. The van der Waals surface area contributed by atoms with Crippen molar-refractivity contribution in [2.45, 2.75) is 6.18 Å². The highest BCUT2D eigenvalue weighted by molar-refractivity contribution is 14.1. The standard InChI is InChI=1S/C12H8F3IN2OS/c13-12(14,15)7-1-2-9(8(17)4-7)18-11(19)6-3-10(16)20-5-6/h1-5H,17H2,(H,18,19). The summed E-state index contributed by atoms with van der Waals surface area (Å²) in [4.78, 5) is 11.9. The number of anilines is 2. The Bertz CT molecular complexity index is 654. The lowest BCUT2D eigenvalue weighted by Gasteiger charge is -2.11. The predicted molar refractivity (Wildman–Crippen MR) is 80.8 cm³/mol. The van der Waals surface area contributed by atoms with Gasteiger partial charge in [0.15, 0.2) is 0 Å². The third-order valence-corrected chi connectivity index (χ3v) is 4.25. The quantitative estimate of drug-likeness (QED) is 0.574. The predicted octanol–water partition coefficient (Wildman–Crippen LogP) is 4.21. The number of benzene rings is 1. The van der Waals surface area contributed by atoms with Crippen LogP contribution in [0.4, 0.5) is 24.5 Å². The van der Waals surface area contributed by atoms with Crippen molar-refractivity contribution >= 4 is 51.2 Å². The summed E-state index contributed by atoms with van der Waals surface area (Å²) >= 11 is 3.47. The zero-order valence-corrected chi connectivity index (χ0v) is 12.8. The van der Waals surface area contributed by atoms with Gasteiger partial charge in [0.25, 0.3) is 5.91 Å². The molecule has 0 bridgehead atoms. The second-order valence-corrected chi connectivity index (χ2v) is 6.70. The highest BCUT2D eigenvalue weighted by Crippen LogP contribution is 2.33. The van der Waals surface area contributed by atoms with Crippen molar-refractivity contribution in [2.75, 3.05) is 11.1 Å². The van der Waals surface area contributed by atoms with Crippen LogP contribution in [0.15, 0.2) is 29.6 Å². The number of amides is 1. The van der Waals surface area contributed by atoms with Gasteiger partial charge in [0.1, 0.15) is 0 Å². The zero-order chi connectivity index (χ0) is 14.9. The van der Waals surface area contributed by atoms with Gasteiger partial charge in [-0.1, -0.05) is 0 Å². The molecule has 106 valence electrons. The monoisotopic (exact) mass is 412 g/mol. The summed E-state index contributed by atoms with van der Waals surface area (Å²) in [7, 11) is 0. The Morgan fingerprint density at radius 3 is 2.50 bits per heavy atom. The molecule has 0 fully saturated rings. The van der Waals surface area contributed by atoms with Gasteiger partial charge in [0.05, 0.1) is 25.4 Å². The first-order valence-electron chi connectivity index (χ1n) is 5.29. The molecule has 0 saturated carbocycles. The van der Waals surface area contributed by atoms with Crippen LogP contribution < -0.4 is 11.1 Å². The number of carbonyl (C=O) groups is 1. The van der Waals surface area contributed by atoms with Gasteiger partial charge >= 0.3 is 6.18 Å². The summed E-state index contributed by atoms with van der Waals surface area (Å²) in [5, 5.41) is 4.15. The molecule has 3 N–H and O–H groups in total. The van der Waals surface area contributed by atoms with Crippen molar-refractivity contribution in [1.29, 1.82) is 0 Å². The second-order valence-electron chi connectivity index (χ2n) is 3.89. The first-order chi connectivity index (χ1) is 9.27. The molecular formula is C12H8F3IN2OS. The number of nitrogens with two attached hydrogens (primary N) is 1. The zero-order valence-electron chi connectivity index (χ0n) is 9.79. The van der Waals surface area contributed by atoms with Gasteiger partial charge in [-0.2, -0.15) is 13.2 Å². The van der Waals surface area contributed by atoms with E-state index in [0.717, 1.165) is 21.1 Å². The van der Waals surface area contributed by atoms with Gasteiger partial charge in [-0.3, -0.25) is 4.79 Å². The maximum atomic E-state index is 12.5. The minimum atomic E-state index is -4.46. The van der Waals surface area contributed by atoms with Crippen molar-refractivity contribution < 1.29 is 18.0 Å². The molecule has 2 aromatic rings. The maximum Gasteiger partial charge on any atom is 0.416 e. The van der Waals surface area contributed by atoms with Gasteiger partial charge in [-0.15, -0.1) is 11.3 Å². The summed E-state index contributed by atoms with van der Waals surface area (Å²) in [5.74, 6) is -0.407. The van der Waals surface area contributed by atoms with Crippen LogP contribution in [0.25, 0.3) is 0 Å². The van der Waals surface area contributed by atoms with Crippen LogP contribution in [0.1, 0.15) is 15.9 Å². The number of nitrogen functional groups attached to an aromatic ring is 1. The van der Waals surface area contributed by atoms with E-state index in [4.69, 9.17) is 5.73 Å². The van der Waals surface area contributed by atoms with E-state index in [9.17, 15) is 18.0 Å². The highest BCUT2D eigenvalue weighted by atomic mass is 127. The van der Waals surface area contributed by atoms with E-state index < -0.39 is 17.6 Å². The molecule has 0 spiro atoms. The van der Waals surface area contributed by atoms with E-state index in [2.05, 4.69) is 27.9 Å². The summed E-state index contributed by atoms with van der Waals surface area (Å²) in [6, 6.07) is 4.50. The number of halogens is 4. The Labute approximate surface area is 130 Å². The molecule has 1 amide bonds. The summed E-state index contributed by atoms with van der Waals surface area (Å²) in [5.41, 5.74) is 5.16. The number of alkyl halides is 3. The minimum Gasteiger partial charge on any atom is -0.397 e. The Hall–Kier alpha value is -1.29. The molecule has 3 nitrogen and oxygen atoms in total. The highest BCUT2D eigenvalue weighted by Gasteiger charge is 2.30. The van der Waals surface area contributed by atoms with Crippen LogP contribution in [0.3, 0.4) is 0 Å². The number of hydrogen-bond acceptors (Lipinski definition) is 3. The van der Waals surface area contributed by atoms with Crippen LogP contribution >= 0.6 is 33.9 Å². The smallest absolute Gasteiger partial charge is 0.397 e. The molecule has 20 heavy (non-hydrogen) atoms. The summed E-state index contributed by atoms with van der Waals surface area (Å²) < 4.78 is 38.4. The molecule has 0 aliphatic heterocycles. The average Bonchev–Trinajstić information content (AvgIpc) is 2.77. The normalized spacial score (nSPS) is 11.4. The molecule has 1 aromatic carbocycles. The molecule has 2 rings (SSSR count). The van der Waals surface area contributed by atoms with Crippen molar-refractivity contribution in [1.82, 2.24) is 0 Å². The summed E-state index contributed by atoms with van der Waals surface area (Å²) in [6.45, 7) is 0. The molecule has 0 aliphatic rings. The Morgan fingerprint density at radius 1 is 1.30 bits per heavy atom. The average molecular weight is 412 g/mol. The third-order valence-electron chi connectivity index (χ3n) is 2.46. The van der Waals surface area contributed by atoms with E-state index >= 15 is 0 Å². The Morgan fingerprint density at radius 2 is 2.00 bits per heavy atom. The van der Waals surface area contributed by atoms with E-state index in [1.165, 1.54) is 11.3 Å². The minimum absolute atomic E-state index is 0.127. The Balaban J connectivity index is 2.20. The van der Waals surface area contributed by atoms with Crippen LogP contribution in [-0.4, -0.2) is 5.91 Å². The van der Waals surface area contributed by atoms with Crippen molar-refractivity contribution in [3.05, 3.63) is 43.7 Å². The van der Waals surface area contributed by atoms with E-state index in [-0.39, 0.29) is 11.4 Å². The van der Waals surface area contributed by atoms with Gasteiger partial charge in [-0.25, -0.2) is 0 Å². The molecule has 0 aliphatic carbocycles. The molecule has 0 radical (unpaired) electrons. The van der Waals surface area contributed by atoms with Gasteiger partial charge < -0.3 is 11.1 Å². The lowest BCUT2D eigenvalue weighted by Crippen LogP contribution is -2.13. The maximum absolute atomic E-state index is 12.5. The van der Waals surface area contributed by atoms with Crippen molar-refractivity contribution in [3.8, 4) is 0 Å². The fraction of sp³-hybridized carbons (Fsp3) is 0.0833. The SMILES string of the molecule is Nc1cc(C(F)(F)F)ccc1NC(=O)c1csc(I)c1. The van der Waals surface area contributed by atoms with Crippen LogP contribution in [-0.2, 0) is 6.18 Å². The fourth-order valence-electron chi connectivity index (χ4n) is 1.48. The summed E-state index contributed by atoms with van der Waals surface area (Å²) in [6.07, 6.45) is -4.46. The fourth-order valence-corrected chi connectivity index (χ4v) is 2.80. The first-order valence-corrected chi connectivity index (χ1v) is 7.25. The van der Waals surface area contributed by atoms with E-state index in [0.29, 0.717) is 5.56 Å². The van der Waals surface area contributed by atoms with Gasteiger partial charge in [0.2, 0.25) is 0 Å². The molecule has 0 unspecified atom stereocenters. The third kappa shape index (κ3) is 3.42. The van der Waals surface area contributed by atoms with E-state index in [1.54, 1.807) is 11.4 Å². The topological polar surface area (TPSA) is 55.1 Å². The van der Waals surface area contributed by atoms with Crippen LogP contribution in [0.2, 0.25) is 0 Å². The van der Waals surface area contributed by atoms with Crippen molar-refractivity contribution in [3.63, 3.8) is 0 Å². The lowest BCUT2D eigenvalue weighted by molar-refractivity contribution is -0.137. The van der Waals surface area contributed by atoms with Gasteiger partial charge in [0, 0.05) is 5.38 Å². The van der Waals surface area contributed by atoms with Crippen LogP contribution in [0.5, 0.6) is 0 Å². The molecule has 0 atom stereocenters. The largest absolute Gasteiger partial charge is 0.416 e. The molecule has 1 heterocycles. The lowest BCUT2D eigenvalue weighted by atomic mass is 10.1. The number of rotatable bonds is 2. The molecule has 8 heteroatoms. The molecule has 0 saturated heterocycles. The van der Waals surface area contributed by atoms with Crippen LogP contribution in [0, 0.1) is 2.88 Å². The Kier molecular flexibility index (Phi) is 4.23. The number of hydrogen-bond donors (Lipinski definition) is 2. The number of nitrogens with one attached hydrogen (secondary N) is 1. The number of carbonyl (C=O) groups excluding carboxylic acids is 1. The van der Waals surface area contributed by atoms with E-state index in [1.807, 2.05) is 0 Å². The molecule has 1 aromatic heterocycles.